The molecule has 2 rings (SSSR count). The summed E-state index contributed by atoms with van der Waals surface area (Å²) < 4.78 is 5.71. The van der Waals surface area contributed by atoms with Crippen molar-refractivity contribution in [2.45, 2.75) is 51.0 Å². The van der Waals surface area contributed by atoms with Crippen LogP contribution >= 0.6 is 0 Å². The second-order valence-corrected chi connectivity index (χ2v) is 5.79. The van der Waals surface area contributed by atoms with Crippen LogP contribution in [0.15, 0.2) is 18.2 Å². The number of nitrogens with two attached hydrogens (primary N) is 1. The first kappa shape index (κ1) is 14.8. The minimum Gasteiger partial charge on any atom is -0.485 e. The van der Waals surface area contributed by atoms with E-state index in [1.165, 1.54) is 18.9 Å². The van der Waals surface area contributed by atoms with Crippen molar-refractivity contribution >= 4 is 5.69 Å². The Kier molecular flexibility index (Phi) is 4.60. The van der Waals surface area contributed by atoms with E-state index in [1.54, 1.807) is 12.1 Å². The number of ether oxygens (including phenoxy) is 1. The van der Waals surface area contributed by atoms with Gasteiger partial charge in [-0.3, -0.25) is 10.1 Å². The lowest BCUT2D eigenvalue weighted by atomic mass is 9.92. The zero-order valence-electron chi connectivity index (χ0n) is 11.9. The smallest absolute Gasteiger partial charge is 0.310 e. The van der Waals surface area contributed by atoms with E-state index in [2.05, 4.69) is 0 Å². The molecule has 20 heavy (non-hydrogen) atoms. The van der Waals surface area contributed by atoms with Crippen LogP contribution in [0.1, 0.15) is 44.1 Å². The molecular formula is C15H22N2O3. The fraction of sp³-hybridized carbons (Fsp3) is 0.600. The third-order valence-corrected chi connectivity index (χ3v) is 3.93. The highest BCUT2D eigenvalue weighted by molar-refractivity contribution is 5.48. The fourth-order valence-electron chi connectivity index (χ4n) is 2.69. The van der Waals surface area contributed by atoms with Crippen molar-refractivity contribution in [2.24, 2.45) is 5.73 Å². The molecule has 0 bridgehead atoms. The first-order valence-electron chi connectivity index (χ1n) is 7.17. The van der Waals surface area contributed by atoms with E-state index in [9.17, 15) is 10.1 Å². The van der Waals surface area contributed by atoms with Crippen LogP contribution in [0.25, 0.3) is 0 Å². The number of nitro benzene ring substituents is 1. The molecule has 5 nitrogen and oxygen atoms in total. The van der Waals surface area contributed by atoms with Gasteiger partial charge in [0.05, 0.1) is 10.5 Å². The van der Waals surface area contributed by atoms with Gasteiger partial charge in [0, 0.05) is 6.07 Å². The zero-order chi connectivity index (χ0) is 14.6. The van der Waals surface area contributed by atoms with Gasteiger partial charge >= 0.3 is 5.69 Å². The summed E-state index contributed by atoms with van der Waals surface area (Å²) in [5.41, 5.74) is 6.97. The molecular weight excluding hydrogens is 256 g/mol. The molecule has 110 valence electrons. The fourth-order valence-corrected chi connectivity index (χ4v) is 2.69. The van der Waals surface area contributed by atoms with E-state index >= 15 is 0 Å². The van der Waals surface area contributed by atoms with Crippen LogP contribution in [0.3, 0.4) is 0 Å². The Hall–Kier alpha value is -1.62. The summed E-state index contributed by atoms with van der Waals surface area (Å²) in [6, 6.07) is 4.91. The summed E-state index contributed by atoms with van der Waals surface area (Å²) in [6.45, 7) is 2.23. The number of rotatable bonds is 4. The van der Waals surface area contributed by atoms with Crippen molar-refractivity contribution < 1.29 is 9.66 Å². The normalized spacial score (nSPS) is 18.3. The number of nitro groups is 1. The number of nitrogens with zero attached hydrogens (tertiary/aromatic N) is 1. The van der Waals surface area contributed by atoms with Crippen molar-refractivity contribution in [3.8, 4) is 5.75 Å². The zero-order valence-corrected chi connectivity index (χ0v) is 11.9. The molecule has 0 spiro atoms. The van der Waals surface area contributed by atoms with E-state index in [0.717, 1.165) is 31.2 Å². The Morgan fingerprint density at radius 2 is 1.95 bits per heavy atom. The topological polar surface area (TPSA) is 78.4 Å². The van der Waals surface area contributed by atoms with Crippen LogP contribution in [-0.2, 0) is 0 Å². The Bertz CT molecular complexity index is 480. The standard InChI is InChI=1S/C15H22N2O3/c1-12-6-7-13(17(18)19)14(10-12)20-11-15(16)8-4-2-3-5-9-15/h6-7,10H,2-5,8-9,11,16H2,1H3. The maximum Gasteiger partial charge on any atom is 0.310 e. The minimum atomic E-state index is -0.412. The third-order valence-electron chi connectivity index (χ3n) is 3.93. The van der Waals surface area contributed by atoms with Crippen LogP contribution in [0.2, 0.25) is 0 Å². The molecule has 2 N–H and O–H groups in total. The van der Waals surface area contributed by atoms with Gasteiger partial charge in [0.1, 0.15) is 6.61 Å². The van der Waals surface area contributed by atoms with E-state index in [1.807, 2.05) is 6.92 Å². The van der Waals surface area contributed by atoms with Gasteiger partial charge in [0.15, 0.2) is 5.75 Å². The molecule has 0 saturated heterocycles. The van der Waals surface area contributed by atoms with Crippen molar-refractivity contribution in [1.82, 2.24) is 0 Å². The number of hydrogen-bond acceptors (Lipinski definition) is 4. The summed E-state index contributed by atoms with van der Waals surface area (Å²) in [5.74, 6) is 0.323. The average molecular weight is 278 g/mol. The Balaban J connectivity index is 2.09. The van der Waals surface area contributed by atoms with E-state index < -0.39 is 4.92 Å². The molecule has 1 aliphatic carbocycles. The van der Waals surface area contributed by atoms with Crippen molar-refractivity contribution in [3.05, 3.63) is 33.9 Å². The second kappa shape index (κ2) is 6.22. The molecule has 0 atom stereocenters. The molecule has 0 heterocycles. The highest BCUT2D eigenvalue weighted by Gasteiger charge is 2.28. The van der Waals surface area contributed by atoms with E-state index in [4.69, 9.17) is 10.5 Å². The Labute approximate surface area is 119 Å². The Morgan fingerprint density at radius 3 is 2.55 bits per heavy atom. The molecule has 1 aromatic carbocycles. The molecule has 0 unspecified atom stereocenters. The lowest BCUT2D eigenvalue weighted by molar-refractivity contribution is -0.385. The van der Waals surface area contributed by atoms with Crippen LogP contribution in [0.4, 0.5) is 5.69 Å². The van der Waals surface area contributed by atoms with Crippen molar-refractivity contribution in [3.63, 3.8) is 0 Å². The van der Waals surface area contributed by atoms with Crippen LogP contribution < -0.4 is 10.5 Å². The van der Waals surface area contributed by atoms with E-state index in [0.29, 0.717) is 12.4 Å². The number of aryl methyl sites for hydroxylation is 1. The maximum absolute atomic E-state index is 11.0. The molecule has 0 aliphatic heterocycles. The van der Waals surface area contributed by atoms with Gasteiger partial charge in [0.2, 0.25) is 0 Å². The molecule has 1 aliphatic rings. The molecule has 1 fully saturated rings. The summed E-state index contributed by atoms with van der Waals surface area (Å²) in [4.78, 5) is 10.6. The number of hydrogen-bond donors (Lipinski definition) is 1. The van der Waals surface area contributed by atoms with Gasteiger partial charge in [0.25, 0.3) is 0 Å². The minimum absolute atomic E-state index is 0.00724. The van der Waals surface area contributed by atoms with Gasteiger partial charge in [-0.25, -0.2) is 0 Å². The predicted molar refractivity (Wildman–Crippen MR) is 77.9 cm³/mol. The van der Waals surface area contributed by atoms with Gasteiger partial charge in [-0.15, -0.1) is 0 Å². The average Bonchev–Trinajstić information content (AvgIpc) is 2.62. The quantitative estimate of drug-likeness (QED) is 0.520. The van der Waals surface area contributed by atoms with Gasteiger partial charge in [-0.1, -0.05) is 31.7 Å². The van der Waals surface area contributed by atoms with Crippen LogP contribution in [-0.4, -0.2) is 17.1 Å². The molecule has 1 saturated carbocycles. The summed E-state index contributed by atoms with van der Waals surface area (Å²) in [5, 5.41) is 11.0. The van der Waals surface area contributed by atoms with Crippen molar-refractivity contribution in [2.75, 3.05) is 6.61 Å². The maximum atomic E-state index is 11.0. The SMILES string of the molecule is Cc1ccc([N+](=O)[O-])c(OCC2(N)CCCCCC2)c1. The van der Waals surface area contributed by atoms with Crippen LogP contribution in [0.5, 0.6) is 5.75 Å². The number of benzene rings is 1. The second-order valence-electron chi connectivity index (χ2n) is 5.79. The van der Waals surface area contributed by atoms with Gasteiger partial charge in [-0.2, -0.15) is 0 Å². The molecule has 0 aromatic heterocycles. The van der Waals surface area contributed by atoms with Crippen LogP contribution in [0, 0.1) is 17.0 Å². The lowest BCUT2D eigenvalue weighted by Gasteiger charge is -2.27. The first-order chi connectivity index (χ1) is 9.50. The van der Waals surface area contributed by atoms with Gasteiger partial charge in [-0.05, 0) is 31.4 Å². The molecule has 5 heteroatoms. The molecule has 0 radical (unpaired) electrons. The Morgan fingerprint density at radius 1 is 1.30 bits per heavy atom. The lowest BCUT2D eigenvalue weighted by Crippen LogP contribution is -2.45. The van der Waals surface area contributed by atoms with Gasteiger partial charge < -0.3 is 10.5 Å². The highest BCUT2D eigenvalue weighted by atomic mass is 16.6. The highest BCUT2D eigenvalue weighted by Crippen LogP contribution is 2.30. The third kappa shape index (κ3) is 3.70. The summed E-state index contributed by atoms with van der Waals surface area (Å²) in [7, 11) is 0. The summed E-state index contributed by atoms with van der Waals surface area (Å²) in [6.07, 6.45) is 6.48. The molecule has 1 aromatic rings. The van der Waals surface area contributed by atoms with E-state index in [-0.39, 0.29) is 11.2 Å². The summed E-state index contributed by atoms with van der Waals surface area (Å²) >= 11 is 0. The largest absolute Gasteiger partial charge is 0.485 e. The monoisotopic (exact) mass is 278 g/mol. The predicted octanol–water partition coefficient (Wildman–Crippen LogP) is 3.33. The van der Waals surface area contributed by atoms with Crippen molar-refractivity contribution in [1.29, 1.82) is 0 Å². The molecule has 0 amide bonds. The first-order valence-corrected chi connectivity index (χ1v) is 7.17.